The van der Waals surface area contributed by atoms with Crippen LogP contribution < -0.4 is 10.5 Å². The zero-order valence-corrected chi connectivity index (χ0v) is 12.7. The Hall–Kier alpha value is -1.55. The third kappa shape index (κ3) is 5.21. The van der Waals surface area contributed by atoms with Crippen molar-refractivity contribution < 1.29 is 9.53 Å². The summed E-state index contributed by atoms with van der Waals surface area (Å²) in [6.07, 6.45) is 1.71. The Labute approximate surface area is 121 Å². The Bertz CT molecular complexity index is 395. The van der Waals surface area contributed by atoms with E-state index in [0.29, 0.717) is 13.2 Å². The number of carbonyl (C=O) groups excluding carboxylic acids is 1. The Morgan fingerprint density at radius 1 is 1.35 bits per heavy atom. The molecule has 0 aliphatic rings. The molecule has 2 atom stereocenters. The molecule has 4 heteroatoms. The summed E-state index contributed by atoms with van der Waals surface area (Å²) in [5.74, 6) is 1.09. The first-order valence-corrected chi connectivity index (χ1v) is 7.24. The number of carbonyl (C=O) groups is 1. The minimum atomic E-state index is -0.403. The molecule has 0 aromatic heterocycles. The Balaban J connectivity index is 2.26. The molecule has 1 amide bonds. The third-order valence-corrected chi connectivity index (χ3v) is 3.57. The van der Waals surface area contributed by atoms with E-state index in [1.165, 1.54) is 0 Å². The van der Waals surface area contributed by atoms with Crippen LogP contribution in [0, 0.1) is 5.92 Å². The zero-order chi connectivity index (χ0) is 15.0. The molecule has 4 nitrogen and oxygen atoms in total. The molecule has 0 spiro atoms. The Morgan fingerprint density at radius 2 is 2.00 bits per heavy atom. The van der Waals surface area contributed by atoms with Gasteiger partial charge in [-0.3, -0.25) is 4.79 Å². The molecular weight excluding hydrogens is 252 g/mol. The highest BCUT2D eigenvalue weighted by molar-refractivity contribution is 5.81. The van der Waals surface area contributed by atoms with Gasteiger partial charge in [-0.05, 0) is 24.5 Å². The second-order valence-corrected chi connectivity index (χ2v) is 5.19. The molecule has 2 N–H and O–H groups in total. The largest absolute Gasteiger partial charge is 0.494 e. The molecule has 1 rings (SSSR count). The number of hydrogen-bond acceptors (Lipinski definition) is 3. The van der Waals surface area contributed by atoms with Crippen LogP contribution in [0.15, 0.2) is 30.3 Å². The van der Waals surface area contributed by atoms with Crippen molar-refractivity contribution >= 4 is 5.91 Å². The van der Waals surface area contributed by atoms with Crippen LogP contribution in [0.1, 0.15) is 26.7 Å². The van der Waals surface area contributed by atoms with E-state index in [2.05, 4.69) is 0 Å². The lowest BCUT2D eigenvalue weighted by Crippen LogP contribution is -2.45. The van der Waals surface area contributed by atoms with Gasteiger partial charge in [0.1, 0.15) is 5.75 Å². The van der Waals surface area contributed by atoms with Gasteiger partial charge in [0.2, 0.25) is 5.91 Å². The monoisotopic (exact) mass is 278 g/mol. The molecule has 1 aromatic rings. The van der Waals surface area contributed by atoms with E-state index in [1.54, 1.807) is 11.9 Å². The van der Waals surface area contributed by atoms with Gasteiger partial charge in [-0.15, -0.1) is 0 Å². The van der Waals surface area contributed by atoms with Gasteiger partial charge in [0.15, 0.2) is 0 Å². The second-order valence-electron chi connectivity index (χ2n) is 5.19. The fraction of sp³-hybridized carbons (Fsp3) is 0.562. The number of para-hydroxylation sites is 1. The highest BCUT2D eigenvalue weighted by Gasteiger charge is 2.22. The molecule has 2 unspecified atom stereocenters. The maximum Gasteiger partial charge on any atom is 0.239 e. The summed E-state index contributed by atoms with van der Waals surface area (Å²) >= 11 is 0. The van der Waals surface area contributed by atoms with E-state index in [4.69, 9.17) is 10.5 Å². The van der Waals surface area contributed by atoms with Crippen molar-refractivity contribution in [2.75, 3.05) is 20.2 Å². The number of nitrogens with two attached hydrogens (primary N) is 1. The molecule has 0 saturated carbocycles. The first-order valence-electron chi connectivity index (χ1n) is 7.24. The van der Waals surface area contributed by atoms with Crippen molar-refractivity contribution in [2.45, 2.75) is 32.7 Å². The standard InChI is InChI=1S/C16H26N2O2/c1-4-13(2)15(17)16(19)18(3)11-8-12-20-14-9-6-5-7-10-14/h5-7,9-10,13,15H,4,8,11-12,17H2,1-3H3. The molecule has 112 valence electrons. The van der Waals surface area contributed by atoms with Crippen LogP contribution in [0.4, 0.5) is 0 Å². The van der Waals surface area contributed by atoms with Crippen molar-refractivity contribution in [3.63, 3.8) is 0 Å². The van der Waals surface area contributed by atoms with E-state index < -0.39 is 6.04 Å². The SMILES string of the molecule is CCC(C)C(N)C(=O)N(C)CCCOc1ccccc1. The van der Waals surface area contributed by atoms with Crippen LogP contribution in [0.25, 0.3) is 0 Å². The summed E-state index contributed by atoms with van der Waals surface area (Å²) in [6, 6.07) is 9.28. The van der Waals surface area contributed by atoms with E-state index in [-0.39, 0.29) is 11.8 Å². The molecule has 0 aliphatic heterocycles. The summed E-state index contributed by atoms with van der Waals surface area (Å²) < 4.78 is 5.60. The van der Waals surface area contributed by atoms with Crippen molar-refractivity contribution in [3.05, 3.63) is 30.3 Å². The van der Waals surface area contributed by atoms with Crippen molar-refractivity contribution in [1.29, 1.82) is 0 Å². The number of rotatable bonds is 8. The molecular formula is C16H26N2O2. The fourth-order valence-corrected chi connectivity index (χ4v) is 1.87. The molecule has 0 fully saturated rings. The number of ether oxygens (including phenoxy) is 1. The number of amides is 1. The molecule has 0 saturated heterocycles. The highest BCUT2D eigenvalue weighted by atomic mass is 16.5. The van der Waals surface area contributed by atoms with Gasteiger partial charge in [0.25, 0.3) is 0 Å². The average molecular weight is 278 g/mol. The first kappa shape index (κ1) is 16.5. The number of nitrogens with zero attached hydrogens (tertiary/aromatic N) is 1. The predicted octanol–water partition coefficient (Wildman–Crippen LogP) is 2.29. The molecule has 0 radical (unpaired) electrons. The van der Waals surface area contributed by atoms with Crippen LogP contribution in [0.5, 0.6) is 5.75 Å². The fourth-order valence-electron chi connectivity index (χ4n) is 1.87. The lowest BCUT2D eigenvalue weighted by Gasteiger charge is -2.24. The van der Waals surface area contributed by atoms with Gasteiger partial charge in [-0.1, -0.05) is 38.5 Å². The molecule has 0 heterocycles. The van der Waals surface area contributed by atoms with E-state index in [1.807, 2.05) is 44.2 Å². The molecule has 0 aliphatic carbocycles. The summed E-state index contributed by atoms with van der Waals surface area (Å²) in [5, 5.41) is 0. The maximum absolute atomic E-state index is 12.1. The normalized spacial score (nSPS) is 13.6. The highest BCUT2D eigenvalue weighted by Crippen LogP contribution is 2.10. The summed E-state index contributed by atoms with van der Waals surface area (Å²) in [7, 11) is 1.80. The minimum Gasteiger partial charge on any atom is -0.494 e. The summed E-state index contributed by atoms with van der Waals surface area (Å²) in [4.78, 5) is 13.8. The van der Waals surface area contributed by atoms with Crippen molar-refractivity contribution in [2.24, 2.45) is 11.7 Å². The molecule has 0 bridgehead atoms. The topological polar surface area (TPSA) is 55.6 Å². The average Bonchev–Trinajstić information content (AvgIpc) is 2.50. The van der Waals surface area contributed by atoms with Gasteiger partial charge in [-0.25, -0.2) is 0 Å². The maximum atomic E-state index is 12.1. The van der Waals surface area contributed by atoms with Gasteiger partial charge >= 0.3 is 0 Å². The lowest BCUT2D eigenvalue weighted by atomic mass is 9.99. The minimum absolute atomic E-state index is 0.0130. The van der Waals surface area contributed by atoms with Gasteiger partial charge in [0.05, 0.1) is 12.6 Å². The molecule has 20 heavy (non-hydrogen) atoms. The second kappa shape index (κ2) is 8.59. The van der Waals surface area contributed by atoms with Gasteiger partial charge < -0.3 is 15.4 Å². The quantitative estimate of drug-likeness (QED) is 0.742. The van der Waals surface area contributed by atoms with Crippen LogP contribution in [0.3, 0.4) is 0 Å². The van der Waals surface area contributed by atoms with Crippen molar-refractivity contribution in [3.8, 4) is 5.75 Å². The van der Waals surface area contributed by atoms with Crippen LogP contribution in [-0.4, -0.2) is 37.0 Å². The summed E-state index contributed by atoms with van der Waals surface area (Å²) in [5.41, 5.74) is 5.95. The molecule has 1 aromatic carbocycles. The first-order chi connectivity index (χ1) is 9.56. The van der Waals surface area contributed by atoms with Crippen LogP contribution in [-0.2, 0) is 4.79 Å². The third-order valence-electron chi connectivity index (χ3n) is 3.57. The number of likely N-dealkylation sites (N-methyl/N-ethyl adjacent to an activating group) is 1. The smallest absolute Gasteiger partial charge is 0.239 e. The Morgan fingerprint density at radius 3 is 2.60 bits per heavy atom. The number of benzene rings is 1. The van der Waals surface area contributed by atoms with E-state index >= 15 is 0 Å². The number of hydrogen-bond donors (Lipinski definition) is 1. The van der Waals surface area contributed by atoms with Crippen molar-refractivity contribution in [1.82, 2.24) is 4.90 Å². The predicted molar refractivity (Wildman–Crippen MR) is 81.6 cm³/mol. The lowest BCUT2D eigenvalue weighted by molar-refractivity contribution is -0.132. The van der Waals surface area contributed by atoms with Crippen LogP contribution in [0.2, 0.25) is 0 Å². The van der Waals surface area contributed by atoms with E-state index in [0.717, 1.165) is 18.6 Å². The Kier molecular flexibility index (Phi) is 7.09. The van der Waals surface area contributed by atoms with Crippen LogP contribution >= 0.6 is 0 Å². The van der Waals surface area contributed by atoms with E-state index in [9.17, 15) is 4.79 Å². The zero-order valence-electron chi connectivity index (χ0n) is 12.7. The summed E-state index contributed by atoms with van der Waals surface area (Å²) in [6.45, 7) is 5.32. The van der Waals surface area contributed by atoms with Gasteiger partial charge in [0, 0.05) is 13.6 Å². The van der Waals surface area contributed by atoms with Gasteiger partial charge in [-0.2, -0.15) is 0 Å².